The van der Waals surface area contributed by atoms with Crippen LogP contribution in [0.5, 0.6) is 5.75 Å². The van der Waals surface area contributed by atoms with Crippen LogP contribution in [0.3, 0.4) is 0 Å². The third kappa shape index (κ3) is 4.85. The number of piperidine rings is 1. The van der Waals surface area contributed by atoms with Crippen molar-refractivity contribution in [3.63, 3.8) is 0 Å². The summed E-state index contributed by atoms with van der Waals surface area (Å²) in [6, 6.07) is 9.28. The van der Waals surface area contributed by atoms with Gasteiger partial charge in [-0.2, -0.15) is 5.10 Å². The fourth-order valence-electron chi connectivity index (χ4n) is 3.96. The highest BCUT2D eigenvalue weighted by Crippen LogP contribution is 2.22. The van der Waals surface area contributed by atoms with Gasteiger partial charge in [0.05, 0.1) is 11.9 Å². The second-order valence-corrected chi connectivity index (χ2v) is 8.22. The van der Waals surface area contributed by atoms with Gasteiger partial charge in [-0.1, -0.05) is 6.07 Å². The van der Waals surface area contributed by atoms with Gasteiger partial charge in [0.2, 0.25) is 0 Å². The van der Waals surface area contributed by atoms with Crippen LogP contribution < -0.4 is 10.1 Å². The maximum absolute atomic E-state index is 13.0. The van der Waals surface area contributed by atoms with E-state index < -0.39 is 5.91 Å². The molecule has 3 heterocycles. The first-order chi connectivity index (χ1) is 15.4. The normalized spacial score (nSPS) is 13.8. The summed E-state index contributed by atoms with van der Waals surface area (Å²) in [4.78, 5) is 27.5. The first-order valence-corrected chi connectivity index (χ1v) is 10.8. The molecule has 2 aromatic heterocycles. The number of hydrogen-bond donors (Lipinski definition) is 1. The number of anilines is 1. The number of nitrogens with one attached hydrogen (secondary N) is 1. The summed E-state index contributed by atoms with van der Waals surface area (Å²) in [5.74, 6) is 0.862. The van der Waals surface area contributed by atoms with Gasteiger partial charge in [-0.3, -0.25) is 14.3 Å². The summed E-state index contributed by atoms with van der Waals surface area (Å²) in [6.45, 7) is 5.68. The van der Waals surface area contributed by atoms with E-state index in [1.54, 1.807) is 19.2 Å². The number of nitrogens with zero attached hydrogens (tertiary/aromatic N) is 3. The van der Waals surface area contributed by atoms with Crippen molar-refractivity contribution in [2.75, 3.05) is 18.4 Å². The standard InChI is InChI=1S/C24H28N4O4/c1-16-11-17(2)13-19(12-16)31-15-18-7-8-21(32-18)23(29)26-20-14-25-27(3)22(20)24(30)28-9-5-4-6-10-28/h7-8,11-14H,4-6,9-10,15H2,1-3H3,(H,26,29). The van der Waals surface area contributed by atoms with Gasteiger partial charge >= 0.3 is 0 Å². The molecule has 0 bridgehead atoms. The monoisotopic (exact) mass is 436 g/mol. The average Bonchev–Trinajstić information content (AvgIpc) is 3.39. The van der Waals surface area contributed by atoms with Gasteiger partial charge in [0.25, 0.3) is 11.8 Å². The van der Waals surface area contributed by atoms with Gasteiger partial charge in [0, 0.05) is 20.1 Å². The van der Waals surface area contributed by atoms with Crippen LogP contribution in [0.1, 0.15) is 57.2 Å². The lowest BCUT2D eigenvalue weighted by Gasteiger charge is -2.27. The zero-order valence-corrected chi connectivity index (χ0v) is 18.7. The maximum Gasteiger partial charge on any atom is 0.291 e. The fourth-order valence-corrected chi connectivity index (χ4v) is 3.96. The topological polar surface area (TPSA) is 89.6 Å². The molecule has 1 aliphatic heterocycles. The Bertz CT molecular complexity index is 1100. The largest absolute Gasteiger partial charge is 0.486 e. The first kappa shape index (κ1) is 21.7. The maximum atomic E-state index is 13.0. The SMILES string of the molecule is Cc1cc(C)cc(OCc2ccc(C(=O)Nc3cnn(C)c3C(=O)N3CCCCC3)o2)c1. The zero-order chi connectivity index (χ0) is 22.7. The molecule has 1 aromatic carbocycles. The molecule has 0 atom stereocenters. The summed E-state index contributed by atoms with van der Waals surface area (Å²) in [5.41, 5.74) is 2.97. The summed E-state index contributed by atoms with van der Waals surface area (Å²) in [7, 11) is 1.70. The Morgan fingerprint density at radius 2 is 1.81 bits per heavy atom. The van der Waals surface area contributed by atoms with Crippen LogP contribution in [0.25, 0.3) is 0 Å². The summed E-state index contributed by atoms with van der Waals surface area (Å²) in [6.07, 6.45) is 4.60. The second-order valence-electron chi connectivity index (χ2n) is 8.22. The molecule has 1 saturated heterocycles. The molecule has 32 heavy (non-hydrogen) atoms. The lowest BCUT2D eigenvalue weighted by atomic mass is 10.1. The van der Waals surface area contributed by atoms with Crippen LogP contribution in [0, 0.1) is 13.8 Å². The number of aromatic nitrogens is 2. The molecule has 4 rings (SSSR count). The number of ether oxygens (including phenoxy) is 1. The molecule has 1 fully saturated rings. The smallest absolute Gasteiger partial charge is 0.291 e. The number of aryl methyl sites for hydroxylation is 3. The third-order valence-corrected chi connectivity index (χ3v) is 5.49. The van der Waals surface area contributed by atoms with Crippen molar-refractivity contribution < 1.29 is 18.7 Å². The molecule has 2 amide bonds. The Morgan fingerprint density at radius 1 is 1.09 bits per heavy atom. The molecule has 0 radical (unpaired) electrons. The molecule has 0 saturated carbocycles. The van der Waals surface area contributed by atoms with E-state index in [-0.39, 0.29) is 18.3 Å². The number of amides is 2. The highest BCUT2D eigenvalue weighted by molar-refractivity contribution is 6.07. The molecule has 0 spiro atoms. The number of likely N-dealkylation sites (tertiary alicyclic amines) is 1. The molecule has 8 heteroatoms. The molecule has 8 nitrogen and oxygen atoms in total. The predicted octanol–water partition coefficient (Wildman–Crippen LogP) is 4.09. The van der Waals surface area contributed by atoms with Crippen LogP contribution in [0.2, 0.25) is 0 Å². The van der Waals surface area contributed by atoms with E-state index in [4.69, 9.17) is 9.15 Å². The summed E-state index contributed by atoms with van der Waals surface area (Å²) >= 11 is 0. The average molecular weight is 437 g/mol. The Morgan fingerprint density at radius 3 is 2.53 bits per heavy atom. The first-order valence-electron chi connectivity index (χ1n) is 10.8. The fraction of sp³-hybridized carbons (Fsp3) is 0.375. The molecule has 1 N–H and O–H groups in total. The Balaban J connectivity index is 1.42. The lowest BCUT2D eigenvalue weighted by molar-refractivity contribution is 0.0714. The van der Waals surface area contributed by atoms with Crippen LogP contribution in [0.15, 0.2) is 40.9 Å². The van der Waals surface area contributed by atoms with E-state index in [9.17, 15) is 9.59 Å². The number of carbonyl (C=O) groups excluding carboxylic acids is 2. The van der Waals surface area contributed by atoms with Crippen LogP contribution in [0.4, 0.5) is 5.69 Å². The number of carbonyl (C=O) groups is 2. The van der Waals surface area contributed by atoms with E-state index in [1.807, 2.05) is 30.9 Å². The van der Waals surface area contributed by atoms with E-state index in [0.717, 1.165) is 49.2 Å². The van der Waals surface area contributed by atoms with Gasteiger partial charge in [-0.25, -0.2) is 0 Å². The van der Waals surface area contributed by atoms with Gasteiger partial charge in [0.1, 0.15) is 23.8 Å². The number of benzene rings is 1. The quantitative estimate of drug-likeness (QED) is 0.629. The Kier molecular flexibility index (Phi) is 6.30. The van der Waals surface area contributed by atoms with Crippen molar-refractivity contribution in [2.24, 2.45) is 7.05 Å². The summed E-state index contributed by atoms with van der Waals surface area (Å²) in [5, 5.41) is 6.93. The highest BCUT2D eigenvalue weighted by atomic mass is 16.5. The number of furan rings is 1. The van der Waals surface area contributed by atoms with Crippen molar-refractivity contribution in [1.29, 1.82) is 0 Å². The molecule has 168 valence electrons. The van der Waals surface area contributed by atoms with E-state index in [0.29, 0.717) is 17.1 Å². The third-order valence-electron chi connectivity index (χ3n) is 5.49. The van der Waals surface area contributed by atoms with Crippen molar-refractivity contribution in [1.82, 2.24) is 14.7 Å². The minimum absolute atomic E-state index is 0.123. The van der Waals surface area contributed by atoms with Crippen molar-refractivity contribution in [2.45, 2.75) is 39.7 Å². The highest BCUT2D eigenvalue weighted by Gasteiger charge is 2.25. The van der Waals surface area contributed by atoms with Crippen LogP contribution >= 0.6 is 0 Å². The Labute approximate surface area is 187 Å². The molecule has 0 aliphatic carbocycles. The minimum Gasteiger partial charge on any atom is -0.486 e. The molecule has 0 unspecified atom stereocenters. The van der Waals surface area contributed by atoms with Gasteiger partial charge in [-0.05, 0) is 68.5 Å². The van der Waals surface area contributed by atoms with Gasteiger partial charge in [-0.15, -0.1) is 0 Å². The van der Waals surface area contributed by atoms with Crippen LogP contribution in [-0.2, 0) is 13.7 Å². The zero-order valence-electron chi connectivity index (χ0n) is 18.7. The molecule has 1 aliphatic rings. The number of rotatable bonds is 6. The molecule has 3 aromatic rings. The molecular formula is C24H28N4O4. The van der Waals surface area contributed by atoms with Crippen LogP contribution in [-0.4, -0.2) is 39.6 Å². The van der Waals surface area contributed by atoms with Crippen molar-refractivity contribution in [3.8, 4) is 5.75 Å². The minimum atomic E-state index is -0.441. The summed E-state index contributed by atoms with van der Waals surface area (Å²) < 4.78 is 13.0. The Hall–Kier alpha value is -3.55. The lowest BCUT2D eigenvalue weighted by Crippen LogP contribution is -2.37. The van der Waals surface area contributed by atoms with Crippen molar-refractivity contribution >= 4 is 17.5 Å². The van der Waals surface area contributed by atoms with Gasteiger partial charge in [0.15, 0.2) is 5.76 Å². The second kappa shape index (κ2) is 9.30. The number of hydrogen-bond acceptors (Lipinski definition) is 5. The predicted molar refractivity (Wildman–Crippen MR) is 120 cm³/mol. The van der Waals surface area contributed by atoms with E-state index in [2.05, 4.69) is 16.5 Å². The van der Waals surface area contributed by atoms with E-state index in [1.165, 1.54) is 10.9 Å². The van der Waals surface area contributed by atoms with E-state index >= 15 is 0 Å². The molecular weight excluding hydrogens is 408 g/mol. The van der Waals surface area contributed by atoms with Gasteiger partial charge < -0.3 is 19.4 Å². The van der Waals surface area contributed by atoms with Crippen molar-refractivity contribution in [3.05, 3.63) is 64.9 Å².